The number of anilines is 1. The van der Waals surface area contributed by atoms with Crippen LogP contribution < -0.4 is 10.2 Å². The Kier molecular flexibility index (Phi) is 5.47. The maximum atomic E-state index is 13.1. The van der Waals surface area contributed by atoms with Gasteiger partial charge in [-0.05, 0) is 60.7 Å². The summed E-state index contributed by atoms with van der Waals surface area (Å²) in [4.78, 5) is 38.5. The molecule has 0 saturated carbocycles. The quantitative estimate of drug-likeness (QED) is 0.407. The molecule has 0 unspecified atom stereocenters. The number of carbonyl (C=O) groups is 3. The van der Waals surface area contributed by atoms with Gasteiger partial charge in [0.1, 0.15) is 5.57 Å². The van der Waals surface area contributed by atoms with Crippen LogP contribution in [0.4, 0.5) is 23.7 Å². The highest BCUT2D eigenvalue weighted by Gasteiger charge is 2.37. The fraction of sp³-hybridized carbons (Fsp3) is 0.0455. The number of aromatic nitrogens is 1. The molecule has 0 radical (unpaired) electrons. The van der Waals surface area contributed by atoms with Crippen LogP contribution in [0.2, 0.25) is 0 Å². The molecule has 1 fully saturated rings. The Labute approximate surface area is 188 Å². The summed E-state index contributed by atoms with van der Waals surface area (Å²) in [6.45, 7) is 0. The van der Waals surface area contributed by atoms with Crippen molar-refractivity contribution in [3.63, 3.8) is 0 Å². The number of amides is 4. The van der Waals surface area contributed by atoms with Crippen LogP contribution in [0, 0.1) is 0 Å². The Morgan fingerprint density at radius 2 is 1.62 bits per heavy atom. The van der Waals surface area contributed by atoms with Crippen molar-refractivity contribution in [1.29, 1.82) is 0 Å². The van der Waals surface area contributed by atoms with Crippen molar-refractivity contribution in [3.8, 4) is 5.69 Å². The van der Waals surface area contributed by atoms with Crippen molar-refractivity contribution >= 4 is 45.5 Å². The molecule has 4 rings (SSSR count). The number of barbiturate groups is 1. The molecular formula is C22H13BrF3N3O3. The van der Waals surface area contributed by atoms with E-state index < -0.39 is 29.6 Å². The van der Waals surface area contributed by atoms with Crippen LogP contribution in [0.5, 0.6) is 0 Å². The van der Waals surface area contributed by atoms with Crippen molar-refractivity contribution in [1.82, 2.24) is 9.88 Å². The molecular weight excluding hydrogens is 491 g/mol. The molecule has 2 heterocycles. The van der Waals surface area contributed by atoms with Gasteiger partial charge in [-0.15, -0.1) is 0 Å². The van der Waals surface area contributed by atoms with Crippen molar-refractivity contribution in [2.45, 2.75) is 6.18 Å². The molecule has 2 aromatic carbocycles. The Morgan fingerprint density at radius 3 is 2.31 bits per heavy atom. The minimum atomic E-state index is -4.52. The zero-order valence-corrected chi connectivity index (χ0v) is 17.6. The third kappa shape index (κ3) is 4.09. The van der Waals surface area contributed by atoms with Crippen molar-refractivity contribution in [3.05, 3.63) is 88.2 Å². The van der Waals surface area contributed by atoms with E-state index in [0.717, 1.165) is 21.5 Å². The second-order valence-electron chi connectivity index (χ2n) is 6.79. The average Bonchev–Trinajstić information content (AvgIpc) is 3.20. The van der Waals surface area contributed by atoms with Gasteiger partial charge in [0.25, 0.3) is 11.8 Å². The summed E-state index contributed by atoms with van der Waals surface area (Å²) < 4.78 is 41.4. The van der Waals surface area contributed by atoms with Gasteiger partial charge in [0.2, 0.25) is 0 Å². The molecule has 0 bridgehead atoms. The summed E-state index contributed by atoms with van der Waals surface area (Å²) >= 11 is 3.27. The smallest absolute Gasteiger partial charge is 0.317 e. The molecule has 0 atom stereocenters. The van der Waals surface area contributed by atoms with Crippen molar-refractivity contribution < 1.29 is 27.6 Å². The van der Waals surface area contributed by atoms with Crippen LogP contribution in [0.3, 0.4) is 0 Å². The Hall–Kier alpha value is -3.66. The van der Waals surface area contributed by atoms with Crippen molar-refractivity contribution in [2.75, 3.05) is 4.90 Å². The summed E-state index contributed by atoms with van der Waals surface area (Å²) in [6, 6.07) is 13.2. The molecule has 0 aliphatic carbocycles. The third-order valence-electron chi connectivity index (χ3n) is 4.71. The molecule has 162 valence electrons. The van der Waals surface area contributed by atoms with Gasteiger partial charge >= 0.3 is 12.2 Å². The van der Waals surface area contributed by atoms with Gasteiger partial charge in [0.05, 0.1) is 11.3 Å². The lowest BCUT2D eigenvalue weighted by Gasteiger charge is -2.26. The molecule has 10 heteroatoms. The summed E-state index contributed by atoms with van der Waals surface area (Å²) in [7, 11) is 0. The summed E-state index contributed by atoms with van der Waals surface area (Å²) in [6.07, 6.45) is -1.78. The molecule has 1 aliphatic heterocycles. The highest BCUT2D eigenvalue weighted by Crippen LogP contribution is 2.31. The van der Waals surface area contributed by atoms with Crippen LogP contribution in [0.25, 0.3) is 11.8 Å². The van der Waals surface area contributed by atoms with Crippen LogP contribution in [-0.2, 0) is 15.8 Å². The van der Waals surface area contributed by atoms with Crippen LogP contribution in [0.1, 0.15) is 11.3 Å². The maximum absolute atomic E-state index is 13.1. The zero-order chi connectivity index (χ0) is 23.0. The summed E-state index contributed by atoms with van der Waals surface area (Å²) in [5, 5.41) is 2.11. The van der Waals surface area contributed by atoms with Gasteiger partial charge < -0.3 is 4.57 Å². The van der Waals surface area contributed by atoms with E-state index in [0.29, 0.717) is 0 Å². The second-order valence-corrected chi connectivity index (χ2v) is 7.70. The SMILES string of the molecule is O=C1NC(=O)N(c2ccc(Br)cc2)C(=O)/C1=C\c1cccn1-c1cccc(C(F)(F)F)c1. The minimum absolute atomic E-state index is 0.196. The first-order chi connectivity index (χ1) is 15.1. The Balaban J connectivity index is 1.74. The summed E-state index contributed by atoms with van der Waals surface area (Å²) in [5.41, 5.74) is -0.434. The topological polar surface area (TPSA) is 71.4 Å². The first-order valence-corrected chi connectivity index (χ1v) is 9.96. The van der Waals surface area contributed by atoms with E-state index in [1.54, 1.807) is 18.2 Å². The van der Waals surface area contributed by atoms with E-state index in [9.17, 15) is 27.6 Å². The van der Waals surface area contributed by atoms with E-state index in [1.807, 2.05) is 0 Å². The normalized spacial score (nSPS) is 15.9. The van der Waals surface area contributed by atoms with Crippen LogP contribution >= 0.6 is 15.9 Å². The maximum Gasteiger partial charge on any atom is 0.416 e. The number of halogens is 4. The highest BCUT2D eigenvalue weighted by molar-refractivity contribution is 9.10. The molecule has 1 aliphatic rings. The number of rotatable bonds is 3. The van der Waals surface area contributed by atoms with Gasteiger partial charge in [-0.1, -0.05) is 22.0 Å². The van der Waals surface area contributed by atoms with E-state index in [-0.39, 0.29) is 22.6 Å². The number of alkyl halides is 3. The molecule has 4 amide bonds. The number of nitrogens with zero attached hydrogens (tertiary/aromatic N) is 2. The van der Waals surface area contributed by atoms with Crippen LogP contribution in [0.15, 0.2) is 76.9 Å². The van der Waals surface area contributed by atoms with E-state index in [4.69, 9.17) is 0 Å². The van der Waals surface area contributed by atoms with Gasteiger partial charge in [-0.2, -0.15) is 13.2 Å². The molecule has 1 saturated heterocycles. The zero-order valence-electron chi connectivity index (χ0n) is 16.1. The standard InChI is InChI=1S/C22H13BrF3N3O3/c23-14-6-8-15(9-7-14)29-20(31)18(19(30)27-21(29)32)12-17-5-2-10-28(17)16-4-1-3-13(11-16)22(24,25)26/h1-12H,(H,27,30,32)/b18-12-. The van der Waals surface area contributed by atoms with Gasteiger partial charge in [-0.25, -0.2) is 9.69 Å². The van der Waals surface area contributed by atoms with E-state index in [1.165, 1.54) is 47.2 Å². The van der Waals surface area contributed by atoms with Crippen LogP contribution in [-0.4, -0.2) is 22.4 Å². The minimum Gasteiger partial charge on any atom is -0.317 e. The first-order valence-electron chi connectivity index (χ1n) is 9.17. The fourth-order valence-electron chi connectivity index (χ4n) is 3.21. The van der Waals surface area contributed by atoms with Gasteiger partial charge in [0.15, 0.2) is 0 Å². The largest absolute Gasteiger partial charge is 0.416 e. The number of carbonyl (C=O) groups excluding carboxylic acids is 3. The number of nitrogens with one attached hydrogen (secondary N) is 1. The number of imide groups is 2. The predicted octanol–water partition coefficient (Wildman–Crippen LogP) is 4.93. The van der Waals surface area contributed by atoms with E-state index in [2.05, 4.69) is 21.2 Å². The highest BCUT2D eigenvalue weighted by atomic mass is 79.9. The monoisotopic (exact) mass is 503 g/mol. The molecule has 3 aromatic rings. The molecule has 6 nitrogen and oxygen atoms in total. The van der Waals surface area contributed by atoms with E-state index >= 15 is 0 Å². The lowest BCUT2D eigenvalue weighted by molar-refractivity contribution is -0.137. The number of benzene rings is 2. The summed E-state index contributed by atoms with van der Waals surface area (Å²) in [5.74, 6) is -1.75. The second kappa shape index (κ2) is 8.12. The first kappa shape index (κ1) is 21.6. The molecule has 1 N–H and O–H groups in total. The number of hydrogen-bond acceptors (Lipinski definition) is 3. The lowest BCUT2D eigenvalue weighted by atomic mass is 10.1. The predicted molar refractivity (Wildman–Crippen MR) is 114 cm³/mol. The average molecular weight is 504 g/mol. The number of hydrogen-bond donors (Lipinski definition) is 1. The molecule has 32 heavy (non-hydrogen) atoms. The lowest BCUT2D eigenvalue weighted by Crippen LogP contribution is -2.54. The van der Waals surface area contributed by atoms with Gasteiger partial charge in [0, 0.05) is 22.1 Å². The molecule has 0 spiro atoms. The Morgan fingerprint density at radius 1 is 0.906 bits per heavy atom. The van der Waals surface area contributed by atoms with Gasteiger partial charge in [-0.3, -0.25) is 14.9 Å². The number of urea groups is 1. The molecule has 1 aromatic heterocycles. The Bertz CT molecular complexity index is 1260. The van der Waals surface area contributed by atoms with Crippen molar-refractivity contribution in [2.24, 2.45) is 0 Å². The fourth-order valence-corrected chi connectivity index (χ4v) is 3.47. The third-order valence-corrected chi connectivity index (χ3v) is 5.24.